The zero-order valence-corrected chi connectivity index (χ0v) is 6.08. The van der Waals surface area contributed by atoms with Crippen LogP contribution in [0.15, 0.2) is 0 Å². The second-order valence-corrected chi connectivity index (χ2v) is 3.77. The van der Waals surface area contributed by atoms with Gasteiger partial charge in [0.1, 0.15) is 0 Å². The molecule has 0 bridgehead atoms. The van der Waals surface area contributed by atoms with Gasteiger partial charge in [-0.2, -0.15) is 0 Å². The summed E-state index contributed by atoms with van der Waals surface area (Å²) in [5, 5.41) is 8.65. The molecule has 2 saturated carbocycles. The molecular formula is C8H12O2. The number of rotatable bonds is 1. The van der Waals surface area contributed by atoms with Crippen LogP contribution in [0.2, 0.25) is 0 Å². The molecule has 0 spiro atoms. The van der Waals surface area contributed by atoms with Crippen LogP contribution in [0, 0.1) is 23.7 Å². The highest BCUT2D eigenvalue weighted by Crippen LogP contribution is 2.59. The fraction of sp³-hybridized carbons (Fsp3) is 0.875. The summed E-state index contributed by atoms with van der Waals surface area (Å²) >= 11 is 0. The molecule has 4 atom stereocenters. The van der Waals surface area contributed by atoms with Crippen LogP contribution >= 0.6 is 0 Å². The molecule has 2 rings (SSSR count). The highest BCUT2D eigenvalue weighted by molar-refractivity contribution is 5.74. The van der Waals surface area contributed by atoms with Crippen LogP contribution in [-0.4, -0.2) is 11.1 Å². The number of fused-ring (bicyclic) bond motifs is 1. The molecule has 0 heterocycles. The van der Waals surface area contributed by atoms with Crippen LogP contribution < -0.4 is 0 Å². The maximum Gasteiger partial charge on any atom is 0.307 e. The second-order valence-electron chi connectivity index (χ2n) is 3.77. The van der Waals surface area contributed by atoms with E-state index >= 15 is 0 Å². The van der Waals surface area contributed by atoms with Gasteiger partial charge in [-0.05, 0) is 30.6 Å². The minimum absolute atomic E-state index is 0.0381. The molecule has 2 aliphatic rings. The zero-order valence-electron chi connectivity index (χ0n) is 6.08. The Bertz CT molecular complexity index is 164. The molecule has 56 valence electrons. The summed E-state index contributed by atoms with van der Waals surface area (Å²) in [6.45, 7) is 2.21. The van der Waals surface area contributed by atoms with Crippen molar-refractivity contribution in [3.63, 3.8) is 0 Å². The molecule has 1 unspecified atom stereocenters. The van der Waals surface area contributed by atoms with Gasteiger partial charge in [-0.1, -0.05) is 6.92 Å². The Morgan fingerprint density at radius 2 is 1.90 bits per heavy atom. The zero-order chi connectivity index (χ0) is 7.30. The molecule has 0 amide bonds. The molecular weight excluding hydrogens is 128 g/mol. The van der Waals surface area contributed by atoms with Gasteiger partial charge < -0.3 is 5.11 Å². The first kappa shape index (κ1) is 6.20. The van der Waals surface area contributed by atoms with Gasteiger partial charge in [-0.3, -0.25) is 4.79 Å². The van der Waals surface area contributed by atoms with Gasteiger partial charge in [-0.15, -0.1) is 0 Å². The molecule has 2 aliphatic carbocycles. The van der Waals surface area contributed by atoms with E-state index in [1.807, 2.05) is 0 Å². The third-order valence-electron chi connectivity index (χ3n) is 2.97. The van der Waals surface area contributed by atoms with Crippen molar-refractivity contribution in [1.82, 2.24) is 0 Å². The van der Waals surface area contributed by atoms with E-state index in [4.69, 9.17) is 5.11 Å². The first-order valence-corrected chi connectivity index (χ1v) is 3.93. The van der Waals surface area contributed by atoms with E-state index in [2.05, 4.69) is 6.92 Å². The monoisotopic (exact) mass is 140 g/mol. The Balaban J connectivity index is 1.98. The summed E-state index contributed by atoms with van der Waals surface area (Å²) in [6, 6.07) is 0. The van der Waals surface area contributed by atoms with Crippen LogP contribution in [0.25, 0.3) is 0 Å². The van der Waals surface area contributed by atoms with Crippen LogP contribution in [0.4, 0.5) is 0 Å². The van der Waals surface area contributed by atoms with Crippen molar-refractivity contribution < 1.29 is 9.90 Å². The molecule has 0 aromatic rings. The number of hydrogen-bond donors (Lipinski definition) is 1. The van der Waals surface area contributed by atoms with E-state index in [1.54, 1.807) is 0 Å². The number of carbonyl (C=O) groups is 1. The first-order chi connectivity index (χ1) is 4.70. The SMILES string of the molecule is CC1C[C@@H]2[C@H](C1)[C@H]2C(=O)O. The second kappa shape index (κ2) is 1.74. The minimum Gasteiger partial charge on any atom is -0.481 e. The van der Waals surface area contributed by atoms with E-state index in [0.717, 1.165) is 18.8 Å². The van der Waals surface area contributed by atoms with E-state index in [0.29, 0.717) is 11.8 Å². The highest BCUT2D eigenvalue weighted by Gasteiger charge is 2.58. The van der Waals surface area contributed by atoms with Gasteiger partial charge in [0.2, 0.25) is 0 Å². The van der Waals surface area contributed by atoms with Crippen LogP contribution in [0.3, 0.4) is 0 Å². The lowest BCUT2D eigenvalue weighted by Crippen LogP contribution is -2.05. The third kappa shape index (κ3) is 0.678. The van der Waals surface area contributed by atoms with E-state index in [1.165, 1.54) is 0 Å². The molecule has 0 radical (unpaired) electrons. The van der Waals surface area contributed by atoms with E-state index in [-0.39, 0.29) is 5.92 Å². The average Bonchev–Trinajstić information content (AvgIpc) is 2.32. The Morgan fingerprint density at radius 1 is 1.40 bits per heavy atom. The molecule has 2 heteroatoms. The summed E-state index contributed by atoms with van der Waals surface area (Å²) in [6.07, 6.45) is 2.31. The summed E-state index contributed by atoms with van der Waals surface area (Å²) in [5.74, 6) is 1.35. The topological polar surface area (TPSA) is 37.3 Å². The molecule has 0 aromatic heterocycles. The normalized spacial score (nSPS) is 50.5. The average molecular weight is 140 g/mol. The number of hydrogen-bond acceptors (Lipinski definition) is 1. The Morgan fingerprint density at radius 3 is 2.30 bits per heavy atom. The number of aliphatic carboxylic acids is 1. The summed E-state index contributed by atoms with van der Waals surface area (Å²) < 4.78 is 0. The van der Waals surface area contributed by atoms with Crippen molar-refractivity contribution in [2.45, 2.75) is 19.8 Å². The van der Waals surface area contributed by atoms with Crippen LogP contribution in [0.1, 0.15) is 19.8 Å². The predicted octanol–water partition coefficient (Wildman–Crippen LogP) is 1.36. The first-order valence-electron chi connectivity index (χ1n) is 3.93. The minimum atomic E-state index is -0.568. The summed E-state index contributed by atoms with van der Waals surface area (Å²) in [7, 11) is 0. The largest absolute Gasteiger partial charge is 0.481 e. The van der Waals surface area contributed by atoms with Crippen molar-refractivity contribution in [2.75, 3.05) is 0 Å². The third-order valence-corrected chi connectivity index (χ3v) is 2.97. The van der Waals surface area contributed by atoms with Gasteiger partial charge in [0.05, 0.1) is 5.92 Å². The molecule has 2 nitrogen and oxygen atoms in total. The fourth-order valence-corrected chi connectivity index (χ4v) is 2.48. The van der Waals surface area contributed by atoms with Crippen LogP contribution in [-0.2, 0) is 4.79 Å². The van der Waals surface area contributed by atoms with Crippen molar-refractivity contribution in [3.8, 4) is 0 Å². The maximum absolute atomic E-state index is 10.5. The van der Waals surface area contributed by atoms with Gasteiger partial charge in [0.15, 0.2) is 0 Å². The van der Waals surface area contributed by atoms with Crippen molar-refractivity contribution in [3.05, 3.63) is 0 Å². The van der Waals surface area contributed by atoms with Crippen molar-refractivity contribution in [2.24, 2.45) is 23.7 Å². The van der Waals surface area contributed by atoms with Gasteiger partial charge in [0, 0.05) is 0 Å². The van der Waals surface area contributed by atoms with Gasteiger partial charge in [-0.25, -0.2) is 0 Å². The summed E-state index contributed by atoms with van der Waals surface area (Å²) in [5.41, 5.74) is 0. The van der Waals surface area contributed by atoms with Gasteiger partial charge >= 0.3 is 5.97 Å². The maximum atomic E-state index is 10.5. The fourth-order valence-electron chi connectivity index (χ4n) is 2.48. The van der Waals surface area contributed by atoms with E-state index in [9.17, 15) is 4.79 Å². The number of carboxylic acids is 1. The Kier molecular flexibility index (Phi) is 1.08. The Labute approximate surface area is 60.2 Å². The Hall–Kier alpha value is -0.530. The highest BCUT2D eigenvalue weighted by atomic mass is 16.4. The number of carboxylic acid groups (broad SMARTS) is 1. The predicted molar refractivity (Wildman–Crippen MR) is 36.5 cm³/mol. The quantitative estimate of drug-likeness (QED) is 0.597. The van der Waals surface area contributed by atoms with Crippen molar-refractivity contribution in [1.29, 1.82) is 0 Å². The molecule has 2 fully saturated rings. The molecule has 0 saturated heterocycles. The molecule has 1 N–H and O–H groups in total. The molecule has 0 aromatic carbocycles. The standard InChI is InChI=1S/C8H12O2/c1-4-2-5-6(3-4)7(5)8(9)10/h4-7H,2-3H2,1H3,(H,9,10)/t4?,5-,6+,7+. The molecule has 10 heavy (non-hydrogen) atoms. The smallest absolute Gasteiger partial charge is 0.307 e. The van der Waals surface area contributed by atoms with Gasteiger partial charge in [0.25, 0.3) is 0 Å². The van der Waals surface area contributed by atoms with E-state index < -0.39 is 5.97 Å². The lowest BCUT2D eigenvalue weighted by Gasteiger charge is -2.03. The summed E-state index contributed by atoms with van der Waals surface area (Å²) in [4.78, 5) is 10.5. The molecule has 0 aliphatic heterocycles. The lowest BCUT2D eigenvalue weighted by atomic mass is 10.0. The van der Waals surface area contributed by atoms with Crippen molar-refractivity contribution >= 4 is 5.97 Å². The van der Waals surface area contributed by atoms with Crippen LogP contribution in [0.5, 0.6) is 0 Å². The lowest BCUT2D eigenvalue weighted by molar-refractivity contribution is -0.139.